The maximum atomic E-state index is 13.7. The van der Waals surface area contributed by atoms with Crippen molar-refractivity contribution in [1.29, 1.82) is 0 Å². The van der Waals surface area contributed by atoms with Crippen molar-refractivity contribution in [1.82, 2.24) is 30.9 Å². The number of benzene rings is 2. The van der Waals surface area contributed by atoms with E-state index in [1.165, 1.54) is 29.3 Å². The first-order valence-corrected chi connectivity index (χ1v) is 12.5. The lowest BCUT2D eigenvalue weighted by Crippen LogP contribution is -2.30. The van der Waals surface area contributed by atoms with Crippen LogP contribution >= 0.6 is 0 Å². The highest BCUT2D eigenvalue weighted by Gasteiger charge is 2.29. The van der Waals surface area contributed by atoms with E-state index in [-0.39, 0.29) is 17.8 Å². The van der Waals surface area contributed by atoms with Gasteiger partial charge in [0.1, 0.15) is 11.5 Å². The third-order valence-electron chi connectivity index (χ3n) is 7.13. The number of aryl methyl sites for hydroxylation is 1. The topological polar surface area (TPSA) is 126 Å². The maximum Gasteiger partial charge on any atom is 0.269 e. The van der Waals surface area contributed by atoms with E-state index in [4.69, 9.17) is 5.21 Å². The quantitative estimate of drug-likeness (QED) is 0.132. The van der Waals surface area contributed by atoms with E-state index < -0.39 is 5.91 Å². The van der Waals surface area contributed by atoms with E-state index in [0.717, 1.165) is 46.9 Å². The van der Waals surface area contributed by atoms with Crippen LogP contribution in [0.3, 0.4) is 0 Å². The molecule has 0 saturated heterocycles. The largest absolute Gasteiger partial charge is 0.361 e. The molecule has 1 unspecified atom stereocenters. The Morgan fingerprint density at radius 1 is 1.24 bits per heavy atom. The lowest BCUT2D eigenvalue weighted by atomic mass is 10.0. The number of nitrogens with zero attached hydrogens (tertiary/aromatic N) is 2. The lowest BCUT2D eigenvalue weighted by molar-refractivity contribution is -0.124. The maximum absolute atomic E-state index is 13.7. The monoisotopic (exact) mass is 516 g/mol. The van der Waals surface area contributed by atoms with E-state index in [1.54, 1.807) is 30.9 Å². The van der Waals surface area contributed by atoms with Crippen LogP contribution in [-0.2, 0) is 24.2 Å². The Morgan fingerprint density at radius 2 is 2.11 bits per heavy atom. The summed E-state index contributed by atoms with van der Waals surface area (Å²) in [5, 5.41) is 19.3. The summed E-state index contributed by atoms with van der Waals surface area (Å²) in [6.07, 6.45) is 9.10. The molecule has 5 N–H and O–H groups in total. The minimum atomic E-state index is -0.582. The second kappa shape index (κ2) is 11.0. The van der Waals surface area contributed by atoms with Crippen LogP contribution in [0.4, 0.5) is 4.39 Å². The van der Waals surface area contributed by atoms with Gasteiger partial charge in [0, 0.05) is 54.9 Å². The number of rotatable bonds is 9. The number of carbonyl (C=O) groups excluding carboxylic acids is 2. The SMILES string of the molecule is CNC(=O)c1[nH]ncc1CN(CCc1c[nH]c2cc(F)ccc12)C1CCc2cc(/C=C/C(=O)NO)ccc21. The molecule has 38 heavy (non-hydrogen) atoms. The van der Waals surface area contributed by atoms with Crippen molar-refractivity contribution in [2.75, 3.05) is 13.6 Å². The number of aromatic amines is 2. The highest BCUT2D eigenvalue weighted by molar-refractivity contribution is 5.93. The van der Waals surface area contributed by atoms with Gasteiger partial charge >= 0.3 is 0 Å². The van der Waals surface area contributed by atoms with Crippen LogP contribution in [0, 0.1) is 5.82 Å². The van der Waals surface area contributed by atoms with Gasteiger partial charge in [-0.3, -0.25) is 24.8 Å². The summed E-state index contributed by atoms with van der Waals surface area (Å²) in [6, 6.07) is 11.0. The number of fused-ring (bicyclic) bond motifs is 2. The number of aromatic nitrogens is 3. The highest BCUT2D eigenvalue weighted by Crippen LogP contribution is 2.38. The number of carbonyl (C=O) groups is 2. The number of H-pyrrole nitrogens is 2. The van der Waals surface area contributed by atoms with Gasteiger partial charge < -0.3 is 10.3 Å². The zero-order valence-electron chi connectivity index (χ0n) is 20.9. The average molecular weight is 517 g/mol. The van der Waals surface area contributed by atoms with Gasteiger partial charge in [0.05, 0.1) is 6.20 Å². The van der Waals surface area contributed by atoms with E-state index >= 15 is 0 Å². The van der Waals surface area contributed by atoms with Gasteiger partial charge in [-0.1, -0.05) is 18.2 Å². The Balaban J connectivity index is 1.42. The fourth-order valence-electron chi connectivity index (χ4n) is 5.25. The molecule has 2 aromatic carbocycles. The second-order valence-electron chi connectivity index (χ2n) is 9.40. The number of hydrogen-bond acceptors (Lipinski definition) is 5. The minimum Gasteiger partial charge on any atom is -0.361 e. The van der Waals surface area contributed by atoms with Crippen molar-refractivity contribution in [2.24, 2.45) is 0 Å². The van der Waals surface area contributed by atoms with Gasteiger partial charge in [-0.05, 0) is 65.8 Å². The average Bonchev–Trinajstić information content (AvgIpc) is 3.67. The molecule has 1 atom stereocenters. The summed E-state index contributed by atoms with van der Waals surface area (Å²) in [6.45, 7) is 1.24. The van der Waals surface area contributed by atoms with Crippen LogP contribution in [0.25, 0.3) is 17.0 Å². The fraction of sp³-hybridized carbons (Fsp3) is 0.250. The molecule has 196 valence electrons. The molecule has 2 amide bonds. The van der Waals surface area contributed by atoms with Crippen molar-refractivity contribution in [3.8, 4) is 0 Å². The van der Waals surface area contributed by atoms with Crippen LogP contribution in [0.2, 0.25) is 0 Å². The Hall–Kier alpha value is -4.28. The molecule has 0 fully saturated rings. The Morgan fingerprint density at radius 3 is 2.92 bits per heavy atom. The molecular weight excluding hydrogens is 487 g/mol. The van der Waals surface area contributed by atoms with E-state index in [9.17, 15) is 14.0 Å². The van der Waals surface area contributed by atoms with Crippen molar-refractivity contribution < 1.29 is 19.2 Å². The standard InChI is InChI=1S/C28H29FN6O3/c1-30-28(37)27-20(15-32-33-27)16-35(11-10-19-14-31-24-13-21(29)5-7-22(19)24)25-8-4-18-12-17(2-6-23(18)25)3-9-26(36)34-38/h2-3,5-7,9,12-15,25,31,38H,4,8,10-11,16H2,1H3,(H,30,37)(H,32,33)(H,34,36)/b9-3+. The molecule has 10 heteroatoms. The third-order valence-corrected chi connectivity index (χ3v) is 7.13. The fourth-order valence-corrected chi connectivity index (χ4v) is 5.25. The van der Waals surface area contributed by atoms with Gasteiger partial charge in [-0.2, -0.15) is 5.10 Å². The number of hydrogen-bond donors (Lipinski definition) is 5. The Labute approximate surface area is 218 Å². The molecule has 0 radical (unpaired) electrons. The lowest BCUT2D eigenvalue weighted by Gasteiger charge is -2.30. The molecule has 0 bridgehead atoms. The molecule has 4 aromatic rings. The molecule has 0 spiro atoms. The van der Waals surface area contributed by atoms with Crippen LogP contribution < -0.4 is 10.8 Å². The van der Waals surface area contributed by atoms with E-state index in [1.807, 2.05) is 12.3 Å². The summed E-state index contributed by atoms with van der Waals surface area (Å²) in [4.78, 5) is 29.3. The summed E-state index contributed by atoms with van der Waals surface area (Å²) in [7, 11) is 1.59. The van der Waals surface area contributed by atoms with Crippen molar-refractivity contribution >= 4 is 28.8 Å². The van der Waals surface area contributed by atoms with E-state index in [0.29, 0.717) is 18.8 Å². The number of halogens is 1. The Kier molecular flexibility index (Phi) is 7.34. The predicted molar refractivity (Wildman–Crippen MR) is 141 cm³/mol. The molecule has 1 aliphatic rings. The third kappa shape index (κ3) is 5.22. The summed E-state index contributed by atoms with van der Waals surface area (Å²) >= 11 is 0. The first kappa shape index (κ1) is 25.4. The molecular formula is C28H29FN6O3. The van der Waals surface area contributed by atoms with Crippen LogP contribution in [0.1, 0.15) is 50.8 Å². The van der Waals surface area contributed by atoms with Crippen molar-refractivity contribution in [3.63, 3.8) is 0 Å². The van der Waals surface area contributed by atoms with Crippen LogP contribution in [0.15, 0.2) is 54.9 Å². The van der Waals surface area contributed by atoms with Gasteiger partial charge in [-0.25, -0.2) is 9.87 Å². The smallest absolute Gasteiger partial charge is 0.269 e. The van der Waals surface area contributed by atoms with Crippen molar-refractivity contribution in [2.45, 2.75) is 31.8 Å². The molecule has 2 heterocycles. The number of hydroxylamine groups is 1. The summed E-state index contributed by atoms with van der Waals surface area (Å²) < 4.78 is 13.7. The van der Waals surface area contributed by atoms with Crippen molar-refractivity contribution in [3.05, 3.63) is 94.2 Å². The first-order chi connectivity index (χ1) is 18.5. The number of amides is 2. The zero-order valence-corrected chi connectivity index (χ0v) is 20.9. The van der Waals surface area contributed by atoms with Gasteiger partial charge in [0.15, 0.2) is 0 Å². The Bertz CT molecular complexity index is 1510. The number of nitrogens with one attached hydrogen (secondary N) is 4. The van der Waals surface area contributed by atoms with Gasteiger partial charge in [0.25, 0.3) is 11.8 Å². The molecule has 1 aliphatic carbocycles. The summed E-state index contributed by atoms with van der Waals surface area (Å²) in [5.74, 6) is -1.07. The van der Waals surface area contributed by atoms with Gasteiger partial charge in [-0.15, -0.1) is 0 Å². The molecule has 5 rings (SSSR count). The predicted octanol–water partition coefficient (Wildman–Crippen LogP) is 3.64. The van der Waals surface area contributed by atoms with Gasteiger partial charge in [0.2, 0.25) is 0 Å². The highest BCUT2D eigenvalue weighted by atomic mass is 19.1. The summed E-state index contributed by atoms with van der Waals surface area (Å²) in [5.41, 5.74) is 8.01. The molecule has 0 saturated carbocycles. The second-order valence-corrected chi connectivity index (χ2v) is 9.40. The van der Waals surface area contributed by atoms with Crippen LogP contribution in [0.5, 0.6) is 0 Å². The molecule has 2 aromatic heterocycles. The zero-order chi connectivity index (χ0) is 26.6. The molecule has 0 aliphatic heterocycles. The van der Waals surface area contributed by atoms with E-state index in [2.05, 4.69) is 37.5 Å². The molecule has 9 nitrogen and oxygen atoms in total. The van der Waals surface area contributed by atoms with Crippen LogP contribution in [-0.4, -0.2) is 50.7 Å². The minimum absolute atomic E-state index is 0.124. The first-order valence-electron chi connectivity index (χ1n) is 12.5. The normalized spacial score (nSPS) is 14.9.